The molecule has 0 atom stereocenters. The summed E-state index contributed by atoms with van der Waals surface area (Å²) >= 11 is 1.61. The Morgan fingerprint density at radius 3 is 2.62 bits per heavy atom. The fourth-order valence-electron chi connectivity index (χ4n) is 2.59. The number of rotatable bonds is 4. The molecule has 2 heterocycles. The molecule has 1 fully saturated rings. The molecule has 0 aliphatic carbocycles. The van der Waals surface area contributed by atoms with E-state index < -0.39 is 0 Å². The van der Waals surface area contributed by atoms with Gasteiger partial charge in [0, 0.05) is 36.1 Å². The molecule has 0 saturated carbocycles. The van der Waals surface area contributed by atoms with Crippen molar-refractivity contribution in [2.75, 3.05) is 19.6 Å². The highest BCUT2D eigenvalue weighted by molar-refractivity contribution is 7.10. The van der Waals surface area contributed by atoms with Crippen molar-refractivity contribution >= 4 is 29.4 Å². The van der Waals surface area contributed by atoms with Crippen LogP contribution in [0.3, 0.4) is 0 Å². The van der Waals surface area contributed by atoms with Crippen molar-refractivity contribution in [3.05, 3.63) is 28.5 Å². The van der Waals surface area contributed by atoms with Gasteiger partial charge in [-0.1, -0.05) is 6.07 Å². The van der Waals surface area contributed by atoms with Crippen LogP contribution in [0.1, 0.15) is 38.5 Å². The maximum Gasteiger partial charge on any atom is 0.317 e. The van der Waals surface area contributed by atoms with Gasteiger partial charge in [-0.2, -0.15) is 0 Å². The number of urea groups is 1. The number of thiophene rings is 1. The number of piperidine rings is 1. The van der Waals surface area contributed by atoms with Crippen molar-refractivity contribution in [2.24, 2.45) is 5.92 Å². The first kappa shape index (κ1) is 18.5. The van der Waals surface area contributed by atoms with E-state index in [1.807, 2.05) is 49.3 Å². The van der Waals surface area contributed by atoms with Crippen molar-refractivity contribution in [3.63, 3.8) is 0 Å². The lowest BCUT2D eigenvalue weighted by Gasteiger charge is -2.34. The van der Waals surface area contributed by atoms with E-state index in [2.05, 4.69) is 10.6 Å². The summed E-state index contributed by atoms with van der Waals surface area (Å²) < 4.78 is 0. The van der Waals surface area contributed by atoms with Crippen LogP contribution in [-0.2, 0) is 4.79 Å². The third-order valence-corrected chi connectivity index (χ3v) is 4.73. The summed E-state index contributed by atoms with van der Waals surface area (Å²) in [6, 6.07) is 3.95. The Kier molecular flexibility index (Phi) is 6.43. The lowest BCUT2D eigenvalue weighted by atomic mass is 9.97. The van der Waals surface area contributed by atoms with Gasteiger partial charge in [-0.05, 0) is 57.1 Å². The summed E-state index contributed by atoms with van der Waals surface area (Å²) in [6.45, 7) is 8.11. The molecule has 24 heavy (non-hydrogen) atoms. The lowest BCUT2D eigenvalue weighted by Crippen LogP contribution is -2.51. The van der Waals surface area contributed by atoms with Crippen LogP contribution in [0.25, 0.3) is 6.08 Å². The number of likely N-dealkylation sites (tertiary alicyclic amines) is 1. The quantitative estimate of drug-likeness (QED) is 0.821. The van der Waals surface area contributed by atoms with Gasteiger partial charge < -0.3 is 15.5 Å². The van der Waals surface area contributed by atoms with Gasteiger partial charge in [-0.3, -0.25) is 4.79 Å². The van der Waals surface area contributed by atoms with Crippen LogP contribution in [0.15, 0.2) is 23.6 Å². The van der Waals surface area contributed by atoms with Crippen LogP contribution in [0, 0.1) is 5.92 Å². The maximum absolute atomic E-state index is 12.1. The molecule has 2 N–H and O–H groups in total. The third-order valence-electron chi connectivity index (χ3n) is 3.89. The van der Waals surface area contributed by atoms with E-state index in [0.717, 1.165) is 30.8 Å². The number of nitrogens with zero attached hydrogens (tertiary/aromatic N) is 1. The Bertz CT molecular complexity index is 568. The van der Waals surface area contributed by atoms with E-state index in [1.54, 1.807) is 17.4 Å². The molecule has 1 saturated heterocycles. The highest BCUT2D eigenvalue weighted by atomic mass is 32.1. The molecule has 0 unspecified atom stereocenters. The Morgan fingerprint density at radius 2 is 2.04 bits per heavy atom. The molecule has 5 nitrogen and oxygen atoms in total. The van der Waals surface area contributed by atoms with Gasteiger partial charge in [0.1, 0.15) is 0 Å². The van der Waals surface area contributed by atoms with Gasteiger partial charge in [0.15, 0.2) is 0 Å². The molecular formula is C18H27N3O2S. The second kappa shape index (κ2) is 8.33. The van der Waals surface area contributed by atoms with Gasteiger partial charge in [-0.15, -0.1) is 11.3 Å². The van der Waals surface area contributed by atoms with Gasteiger partial charge in [0.2, 0.25) is 5.91 Å². The second-order valence-corrected chi connectivity index (χ2v) is 8.18. The van der Waals surface area contributed by atoms with Crippen molar-refractivity contribution in [3.8, 4) is 0 Å². The van der Waals surface area contributed by atoms with Crippen molar-refractivity contribution in [1.29, 1.82) is 0 Å². The van der Waals surface area contributed by atoms with E-state index >= 15 is 0 Å². The van der Waals surface area contributed by atoms with Crippen molar-refractivity contribution in [2.45, 2.75) is 39.2 Å². The zero-order chi connectivity index (χ0) is 17.6. The summed E-state index contributed by atoms with van der Waals surface area (Å²) in [4.78, 5) is 26.9. The minimum atomic E-state index is -0.212. The summed E-state index contributed by atoms with van der Waals surface area (Å²) in [5, 5.41) is 7.94. The van der Waals surface area contributed by atoms with Gasteiger partial charge in [0.25, 0.3) is 0 Å². The second-order valence-electron chi connectivity index (χ2n) is 7.20. The Hall–Kier alpha value is -1.82. The first-order valence-corrected chi connectivity index (χ1v) is 9.28. The Balaban J connectivity index is 1.67. The minimum absolute atomic E-state index is 0.00358. The van der Waals surface area contributed by atoms with Crippen LogP contribution in [0.2, 0.25) is 0 Å². The maximum atomic E-state index is 12.1. The molecule has 1 aliphatic rings. The number of hydrogen-bond acceptors (Lipinski definition) is 3. The molecule has 1 aromatic heterocycles. The van der Waals surface area contributed by atoms with Crippen LogP contribution >= 0.6 is 11.3 Å². The zero-order valence-corrected chi connectivity index (χ0v) is 15.5. The first-order valence-electron chi connectivity index (χ1n) is 8.40. The van der Waals surface area contributed by atoms with E-state index in [-0.39, 0.29) is 17.5 Å². The third kappa shape index (κ3) is 6.35. The van der Waals surface area contributed by atoms with Crippen LogP contribution < -0.4 is 10.6 Å². The predicted octanol–water partition coefficient (Wildman–Crippen LogP) is 3.10. The van der Waals surface area contributed by atoms with Crippen molar-refractivity contribution in [1.82, 2.24) is 15.5 Å². The van der Waals surface area contributed by atoms with Gasteiger partial charge in [-0.25, -0.2) is 4.79 Å². The first-order chi connectivity index (χ1) is 11.3. The summed E-state index contributed by atoms with van der Waals surface area (Å²) in [7, 11) is 0. The number of carbonyl (C=O) groups is 2. The monoisotopic (exact) mass is 349 g/mol. The summed E-state index contributed by atoms with van der Waals surface area (Å²) in [5.74, 6) is 0.374. The molecule has 3 amide bonds. The van der Waals surface area contributed by atoms with E-state index in [0.29, 0.717) is 12.5 Å². The lowest BCUT2D eigenvalue weighted by molar-refractivity contribution is -0.116. The van der Waals surface area contributed by atoms with E-state index in [1.165, 1.54) is 0 Å². The van der Waals surface area contributed by atoms with Crippen LogP contribution in [0.4, 0.5) is 4.79 Å². The van der Waals surface area contributed by atoms with E-state index in [4.69, 9.17) is 0 Å². The highest BCUT2D eigenvalue weighted by Gasteiger charge is 2.25. The zero-order valence-electron chi connectivity index (χ0n) is 14.7. The standard InChI is InChI=1S/C18H27N3O2S/c1-18(2,3)20-17(23)21-10-8-14(9-11-21)13-19-16(22)7-6-15-5-4-12-24-15/h4-7,12,14H,8-11,13H2,1-3H3,(H,19,22)(H,20,23). The Morgan fingerprint density at radius 1 is 1.33 bits per heavy atom. The minimum Gasteiger partial charge on any atom is -0.352 e. The van der Waals surface area contributed by atoms with Crippen molar-refractivity contribution < 1.29 is 9.59 Å². The molecule has 132 valence electrons. The summed E-state index contributed by atoms with van der Waals surface area (Å²) in [6.07, 6.45) is 5.26. The molecular weight excluding hydrogens is 322 g/mol. The molecule has 0 aromatic carbocycles. The fraction of sp³-hybridized carbons (Fsp3) is 0.556. The number of carbonyl (C=O) groups excluding carboxylic acids is 2. The number of hydrogen-bond donors (Lipinski definition) is 2. The average molecular weight is 350 g/mol. The van der Waals surface area contributed by atoms with Crippen LogP contribution in [-0.4, -0.2) is 42.0 Å². The predicted molar refractivity (Wildman–Crippen MR) is 98.9 cm³/mol. The molecule has 1 aliphatic heterocycles. The van der Waals surface area contributed by atoms with E-state index in [9.17, 15) is 9.59 Å². The molecule has 2 rings (SSSR count). The topological polar surface area (TPSA) is 61.4 Å². The largest absolute Gasteiger partial charge is 0.352 e. The molecule has 0 bridgehead atoms. The van der Waals surface area contributed by atoms with Crippen LogP contribution in [0.5, 0.6) is 0 Å². The van der Waals surface area contributed by atoms with Gasteiger partial charge in [0.05, 0.1) is 0 Å². The SMILES string of the molecule is CC(C)(C)NC(=O)N1CCC(CNC(=O)C=Cc2cccs2)CC1. The fourth-order valence-corrected chi connectivity index (χ4v) is 3.21. The smallest absolute Gasteiger partial charge is 0.317 e. The Labute approximate surface area is 148 Å². The molecule has 6 heteroatoms. The average Bonchev–Trinajstić information content (AvgIpc) is 3.03. The molecule has 0 spiro atoms. The molecule has 0 radical (unpaired) electrons. The summed E-state index contributed by atoms with van der Waals surface area (Å²) in [5.41, 5.74) is -0.212. The van der Waals surface area contributed by atoms with Gasteiger partial charge >= 0.3 is 6.03 Å². The molecule has 1 aromatic rings. The number of amides is 3. The normalized spacial score (nSPS) is 16.4. The number of nitrogens with one attached hydrogen (secondary N) is 2. The highest BCUT2D eigenvalue weighted by Crippen LogP contribution is 2.17.